The largest absolute Gasteiger partial charge is 0.456 e. The Kier molecular flexibility index (Phi) is 7.46. The van der Waals surface area contributed by atoms with Crippen LogP contribution in [0.2, 0.25) is 0 Å². The van der Waals surface area contributed by atoms with Crippen LogP contribution in [0.1, 0.15) is 5.56 Å². The first-order chi connectivity index (χ1) is 25.2. The molecular formula is C46H28N4O. The van der Waals surface area contributed by atoms with Crippen LogP contribution in [-0.4, -0.2) is 15.0 Å². The second kappa shape index (κ2) is 12.7. The topological polar surface area (TPSA) is 75.6 Å². The van der Waals surface area contributed by atoms with E-state index in [1.807, 2.05) is 97.1 Å². The van der Waals surface area contributed by atoms with Crippen molar-refractivity contribution in [3.05, 3.63) is 175 Å². The highest BCUT2D eigenvalue weighted by atomic mass is 16.3. The fourth-order valence-corrected chi connectivity index (χ4v) is 6.60. The lowest BCUT2D eigenvalue weighted by molar-refractivity contribution is 0.669. The molecule has 0 bridgehead atoms. The van der Waals surface area contributed by atoms with Gasteiger partial charge in [-0.05, 0) is 69.8 Å². The van der Waals surface area contributed by atoms with Crippen LogP contribution in [0.25, 0.3) is 89.5 Å². The smallest absolute Gasteiger partial charge is 0.164 e. The van der Waals surface area contributed by atoms with E-state index < -0.39 is 0 Å². The summed E-state index contributed by atoms with van der Waals surface area (Å²) in [5, 5.41) is 11.4. The normalized spacial score (nSPS) is 11.1. The predicted octanol–water partition coefficient (Wildman–Crippen LogP) is 11.6. The lowest BCUT2D eigenvalue weighted by Gasteiger charge is -2.10. The van der Waals surface area contributed by atoms with Crippen molar-refractivity contribution < 1.29 is 4.42 Å². The zero-order valence-electron chi connectivity index (χ0n) is 27.4. The minimum atomic E-state index is 0.557. The molecule has 9 aromatic rings. The third-order valence-electron chi connectivity index (χ3n) is 9.19. The van der Waals surface area contributed by atoms with Crippen LogP contribution in [0.3, 0.4) is 0 Å². The van der Waals surface area contributed by atoms with E-state index in [9.17, 15) is 5.26 Å². The van der Waals surface area contributed by atoms with Gasteiger partial charge in [0.1, 0.15) is 11.2 Å². The average Bonchev–Trinajstić information content (AvgIpc) is 3.60. The Morgan fingerprint density at radius 1 is 0.392 bits per heavy atom. The Morgan fingerprint density at radius 3 is 1.61 bits per heavy atom. The van der Waals surface area contributed by atoms with Gasteiger partial charge >= 0.3 is 0 Å². The quantitative estimate of drug-likeness (QED) is 0.179. The summed E-state index contributed by atoms with van der Waals surface area (Å²) in [6.45, 7) is 0. The molecule has 0 fully saturated rings. The molecule has 2 heterocycles. The van der Waals surface area contributed by atoms with E-state index in [0.29, 0.717) is 23.0 Å². The highest BCUT2D eigenvalue weighted by Crippen LogP contribution is 2.39. The monoisotopic (exact) mass is 652 g/mol. The fraction of sp³-hybridized carbons (Fsp3) is 0. The van der Waals surface area contributed by atoms with Crippen molar-refractivity contribution >= 4 is 21.9 Å². The van der Waals surface area contributed by atoms with E-state index in [4.69, 9.17) is 19.4 Å². The van der Waals surface area contributed by atoms with Crippen molar-refractivity contribution in [1.29, 1.82) is 5.26 Å². The van der Waals surface area contributed by atoms with Crippen LogP contribution in [-0.2, 0) is 0 Å². The molecule has 5 nitrogen and oxygen atoms in total. The summed E-state index contributed by atoms with van der Waals surface area (Å²) < 4.78 is 6.49. The average molecular weight is 653 g/mol. The molecule has 0 spiro atoms. The van der Waals surface area contributed by atoms with Crippen molar-refractivity contribution in [3.63, 3.8) is 0 Å². The van der Waals surface area contributed by atoms with Crippen LogP contribution >= 0.6 is 0 Å². The Morgan fingerprint density at radius 2 is 0.902 bits per heavy atom. The Labute approximate surface area is 294 Å². The Hall–Kier alpha value is -7.16. The summed E-state index contributed by atoms with van der Waals surface area (Å²) in [6, 6.07) is 59.4. The summed E-state index contributed by atoms with van der Waals surface area (Å²) in [5.74, 6) is 1.72. The van der Waals surface area contributed by atoms with Gasteiger partial charge in [-0.3, -0.25) is 0 Å². The third-order valence-corrected chi connectivity index (χ3v) is 9.19. The van der Waals surface area contributed by atoms with Crippen LogP contribution in [0.4, 0.5) is 0 Å². The van der Waals surface area contributed by atoms with E-state index in [1.54, 1.807) is 0 Å². The summed E-state index contributed by atoms with van der Waals surface area (Å²) in [7, 11) is 0. The lowest BCUT2D eigenvalue weighted by atomic mass is 9.96. The maximum absolute atomic E-state index is 9.25. The maximum Gasteiger partial charge on any atom is 0.164 e. The molecule has 0 aliphatic heterocycles. The second-order valence-corrected chi connectivity index (χ2v) is 12.4. The molecule has 0 amide bonds. The molecule has 0 aliphatic rings. The second-order valence-electron chi connectivity index (χ2n) is 12.4. The fourth-order valence-electron chi connectivity index (χ4n) is 6.60. The number of fused-ring (bicyclic) bond motifs is 3. The van der Waals surface area contributed by atoms with E-state index in [-0.39, 0.29) is 0 Å². The van der Waals surface area contributed by atoms with Crippen LogP contribution in [0.15, 0.2) is 174 Å². The van der Waals surface area contributed by atoms with Gasteiger partial charge in [-0.25, -0.2) is 15.0 Å². The van der Waals surface area contributed by atoms with Crippen molar-refractivity contribution in [2.75, 3.05) is 0 Å². The molecule has 0 N–H and O–H groups in total. The molecule has 0 unspecified atom stereocenters. The highest BCUT2D eigenvalue weighted by Gasteiger charge is 2.17. The first kappa shape index (κ1) is 29.9. The molecular weight excluding hydrogens is 625 g/mol. The molecule has 238 valence electrons. The molecule has 0 aliphatic carbocycles. The van der Waals surface area contributed by atoms with E-state index in [0.717, 1.165) is 60.9 Å². The first-order valence-electron chi connectivity index (χ1n) is 16.7. The predicted molar refractivity (Wildman–Crippen MR) is 204 cm³/mol. The van der Waals surface area contributed by atoms with Gasteiger partial charge in [0.25, 0.3) is 0 Å². The number of hydrogen-bond acceptors (Lipinski definition) is 5. The molecule has 0 saturated carbocycles. The molecule has 51 heavy (non-hydrogen) atoms. The molecule has 2 aromatic heterocycles. The van der Waals surface area contributed by atoms with E-state index in [1.165, 1.54) is 11.1 Å². The summed E-state index contributed by atoms with van der Waals surface area (Å²) in [5.41, 5.74) is 11.5. The van der Waals surface area contributed by atoms with Gasteiger partial charge < -0.3 is 4.42 Å². The lowest BCUT2D eigenvalue weighted by Crippen LogP contribution is -2.00. The van der Waals surface area contributed by atoms with Gasteiger partial charge in [0, 0.05) is 27.5 Å². The number of nitriles is 1. The van der Waals surface area contributed by atoms with Crippen LogP contribution in [0, 0.1) is 11.3 Å². The molecule has 5 heteroatoms. The van der Waals surface area contributed by atoms with Crippen LogP contribution < -0.4 is 0 Å². The van der Waals surface area contributed by atoms with Gasteiger partial charge in [-0.15, -0.1) is 0 Å². The zero-order valence-corrected chi connectivity index (χ0v) is 27.4. The summed E-state index contributed by atoms with van der Waals surface area (Å²) in [4.78, 5) is 14.9. The minimum absolute atomic E-state index is 0.557. The van der Waals surface area contributed by atoms with Crippen molar-refractivity contribution in [1.82, 2.24) is 15.0 Å². The zero-order chi connectivity index (χ0) is 34.1. The Balaban J connectivity index is 1.13. The molecule has 0 atom stereocenters. The van der Waals surface area contributed by atoms with Gasteiger partial charge in [0.05, 0.1) is 11.6 Å². The van der Waals surface area contributed by atoms with Gasteiger partial charge in [-0.1, -0.05) is 133 Å². The van der Waals surface area contributed by atoms with Gasteiger partial charge in [0.2, 0.25) is 0 Å². The van der Waals surface area contributed by atoms with Crippen LogP contribution in [0.5, 0.6) is 0 Å². The van der Waals surface area contributed by atoms with Crippen molar-refractivity contribution in [3.8, 4) is 73.6 Å². The standard InChI is InChI=1S/C46H28N4O/c47-29-30-17-19-33(20-18-30)36-13-7-14-37(27-36)45-48-44(35-11-5-2-6-12-35)49-46(50-45)38-25-26-40-42(28-38)51-41-16-8-15-39(43(40)41)34-23-21-32(22-24-34)31-9-3-1-4-10-31/h1-28H. The number of hydrogen-bond donors (Lipinski definition) is 0. The number of furan rings is 1. The van der Waals surface area contributed by atoms with Gasteiger partial charge in [-0.2, -0.15) is 5.26 Å². The summed E-state index contributed by atoms with van der Waals surface area (Å²) >= 11 is 0. The third kappa shape index (κ3) is 5.71. The number of benzene rings is 7. The SMILES string of the molecule is N#Cc1ccc(-c2cccc(-c3nc(-c4ccccc4)nc(-c4ccc5c(c4)oc4cccc(-c6ccc(-c7ccccc7)cc6)c45)n3)c2)cc1. The van der Waals surface area contributed by atoms with E-state index in [2.05, 4.69) is 78.9 Å². The first-order valence-corrected chi connectivity index (χ1v) is 16.7. The Bertz CT molecular complexity index is 2730. The number of nitrogens with zero attached hydrogens (tertiary/aromatic N) is 4. The van der Waals surface area contributed by atoms with E-state index >= 15 is 0 Å². The van der Waals surface area contributed by atoms with Gasteiger partial charge in [0.15, 0.2) is 17.5 Å². The number of rotatable bonds is 6. The summed E-state index contributed by atoms with van der Waals surface area (Å²) in [6.07, 6.45) is 0. The molecule has 9 rings (SSSR count). The molecule has 7 aromatic carbocycles. The molecule has 0 saturated heterocycles. The highest BCUT2D eigenvalue weighted by molar-refractivity contribution is 6.13. The maximum atomic E-state index is 9.25. The minimum Gasteiger partial charge on any atom is -0.456 e. The molecule has 0 radical (unpaired) electrons. The van der Waals surface area contributed by atoms with Crippen molar-refractivity contribution in [2.24, 2.45) is 0 Å². The number of aromatic nitrogens is 3. The van der Waals surface area contributed by atoms with Crippen molar-refractivity contribution in [2.45, 2.75) is 0 Å².